The van der Waals surface area contributed by atoms with E-state index in [-0.39, 0.29) is 12.2 Å². The summed E-state index contributed by atoms with van der Waals surface area (Å²) in [7, 11) is 0. The highest BCUT2D eigenvalue weighted by Crippen LogP contribution is 2.43. The first-order chi connectivity index (χ1) is 16.4. The second-order valence-electron chi connectivity index (χ2n) is 8.55. The molecule has 1 aliphatic rings. The fraction of sp³-hybridized carbons (Fsp3) is 0.185. The van der Waals surface area contributed by atoms with E-state index in [1.807, 2.05) is 36.5 Å². The Hall–Kier alpha value is -3.12. The number of para-hydroxylation sites is 1. The highest BCUT2D eigenvalue weighted by Gasteiger charge is 2.50. The summed E-state index contributed by atoms with van der Waals surface area (Å²) in [5, 5.41) is 13.7. The average Bonchev–Trinajstić information content (AvgIpc) is 3.32. The Morgan fingerprint density at radius 3 is 2.53 bits per heavy atom. The van der Waals surface area contributed by atoms with Gasteiger partial charge in [-0.1, -0.05) is 41.4 Å². The molecule has 2 heterocycles. The van der Waals surface area contributed by atoms with Crippen molar-refractivity contribution in [2.45, 2.75) is 24.9 Å². The lowest BCUT2D eigenvalue weighted by Gasteiger charge is -2.23. The molecule has 0 spiro atoms. The van der Waals surface area contributed by atoms with Crippen LogP contribution < -0.4 is 4.90 Å². The maximum atomic E-state index is 13.4. The fourth-order valence-corrected chi connectivity index (χ4v) is 4.95. The third kappa shape index (κ3) is 4.00. The van der Waals surface area contributed by atoms with Crippen LogP contribution in [0.25, 0.3) is 10.9 Å². The van der Waals surface area contributed by atoms with Crippen molar-refractivity contribution in [1.82, 2.24) is 4.98 Å². The van der Waals surface area contributed by atoms with E-state index >= 15 is 0 Å². The van der Waals surface area contributed by atoms with E-state index in [9.17, 15) is 14.7 Å². The molecule has 1 amide bonds. The van der Waals surface area contributed by atoms with Gasteiger partial charge in [-0.15, -0.1) is 0 Å². The second-order valence-corrected chi connectivity index (χ2v) is 9.42. The molecule has 0 bridgehead atoms. The van der Waals surface area contributed by atoms with Crippen LogP contribution in [0, 0.1) is 0 Å². The molecule has 5 nitrogen and oxygen atoms in total. The number of rotatable bonds is 7. The monoisotopic (exact) mass is 492 g/mol. The fourth-order valence-electron chi connectivity index (χ4n) is 4.65. The van der Waals surface area contributed by atoms with Crippen LogP contribution in [0.1, 0.15) is 34.3 Å². The van der Waals surface area contributed by atoms with Gasteiger partial charge in [0.25, 0.3) is 5.91 Å². The average molecular weight is 493 g/mol. The van der Waals surface area contributed by atoms with Crippen LogP contribution in [0.2, 0.25) is 10.0 Å². The third-order valence-corrected chi connectivity index (χ3v) is 6.87. The number of aryl methyl sites for hydroxylation is 1. The van der Waals surface area contributed by atoms with Gasteiger partial charge in [0.15, 0.2) is 11.4 Å². The first-order valence-corrected chi connectivity index (χ1v) is 11.8. The molecule has 1 unspecified atom stereocenters. The molecule has 1 aliphatic heterocycles. The minimum absolute atomic E-state index is 0.320. The van der Waals surface area contributed by atoms with Crippen LogP contribution >= 0.6 is 23.2 Å². The molecule has 0 saturated carbocycles. The Morgan fingerprint density at radius 1 is 1.00 bits per heavy atom. The number of nitrogens with one attached hydrogen (secondary N) is 1. The standard InChI is InChI=1S/C27H22Cl2N2O3/c28-19-9-7-17(8-10-19)25(32)15-27(34)22-5-1-2-6-24(22)31(26(27)33)13-3-4-18-16-30-23-12-11-20(29)14-21(18)23/h1-2,5-12,14,16,30,34H,3-4,13,15H2. The van der Waals surface area contributed by atoms with Crippen LogP contribution in [0.4, 0.5) is 5.69 Å². The third-order valence-electron chi connectivity index (χ3n) is 6.38. The van der Waals surface area contributed by atoms with Crippen molar-refractivity contribution in [3.05, 3.63) is 99.7 Å². The van der Waals surface area contributed by atoms with Gasteiger partial charge in [-0.05, 0) is 66.9 Å². The molecule has 5 rings (SSSR count). The quantitative estimate of drug-likeness (QED) is 0.314. The van der Waals surface area contributed by atoms with Crippen molar-refractivity contribution < 1.29 is 14.7 Å². The first-order valence-electron chi connectivity index (χ1n) is 11.0. The van der Waals surface area contributed by atoms with E-state index in [1.54, 1.807) is 41.3 Å². The molecule has 1 aromatic heterocycles. The van der Waals surface area contributed by atoms with Gasteiger partial charge in [0.2, 0.25) is 0 Å². The SMILES string of the molecule is O=C(CC1(O)C(=O)N(CCCc2c[nH]c3ccc(Cl)cc23)c2ccccc21)c1ccc(Cl)cc1. The number of hydrogen-bond donors (Lipinski definition) is 2. The summed E-state index contributed by atoms with van der Waals surface area (Å²) in [5.41, 5.74) is 1.73. The highest BCUT2D eigenvalue weighted by molar-refractivity contribution is 6.31. The zero-order valence-electron chi connectivity index (χ0n) is 18.2. The van der Waals surface area contributed by atoms with Crippen LogP contribution in [-0.2, 0) is 16.8 Å². The number of Topliss-reactive ketones (excluding diaryl/α,β-unsaturated/α-hetero) is 1. The van der Waals surface area contributed by atoms with Crippen molar-refractivity contribution in [2.75, 3.05) is 11.4 Å². The van der Waals surface area contributed by atoms with Crippen LogP contribution in [-0.4, -0.2) is 28.3 Å². The zero-order valence-corrected chi connectivity index (χ0v) is 19.7. The van der Waals surface area contributed by atoms with Crippen LogP contribution in [0.5, 0.6) is 0 Å². The molecule has 4 aromatic rings. The largest absolute Gasteiger partial charge is 0.375 e. The molecule has 1 atom stereocenters. The van der Waals surface area contributed by atoms with Gasteiger partial charge in [-0.25, -0.2) is 0 Å². The van der Waals surface area contributed by atoms with E-state index < -0.39 is 11.5 Å². The zero-order chi connectivity index (χ0) is 23.9. The summed E-state index contributed by atoms with van der Waals surface area (Å²) < 4.78 is 0. The van der Waals surface area contributed by atoms with Crippen LogP contribution in [0.3, 0.4) is 0 Å². The number of hydrogen-bond acceptors (Lipinski definition) is 3. The van der Waals surface area contributed by atoms with Gasteiger partial charge in [-0.3, -0.25) is 9.59 Å². The predicted molar refractivity (Wildman–Crippen MR) is 135 cm³/mol. The Balaban J connectivity index is 1.35. The Morgan fingerprint density at radius 2 is 1.74 bits per heavy atom. The van der Waals surface area contributed by atoms with Crippen molar-refractivity contribution in [2.24, 2.45) is 0 Å². The molecule has 34 heavy (non-hydrogen) atoms. The molecule has 3 aromatic carbocycles. The molecule has 2 N–H and O–H groups in total. The molecule has 0 radical (unpaired) electrons. The van der Waals surface area contributed by atoms with E-state index in [4.69, 9.17) is 23.2 Å². The number of aromatic nitrogens is 1. The second kappa shape index (κ2) is 8.91. The maximum Gasteiger partial charge on any atom is 0.264 e. The van der Waals surface area contributed by atoms with Crippen molar-refractivity contribution in [1.29, 1.82) is 0 Å². The number of fused-ring (bicyclic) bond motifs is 2. The minimum Gasteiger partial charge on any atom is -0.375 e. The number of anilines is 1. The summed E-state index contributed by atoms with van der Waals surface area (Å²) >= 11 is 12.1. The van der Waals surface area contributed by atoms with E-state index in [0.717, 1.165) is 22.9 Å². The summed E-state index contributed by atoms with van der Waals surface area (Å²) in [6, 6.07) is 19.3. The Bertz CT molecular complexity index is 1400. The van der Waals surface area contributed by atoms with Gasteiger partial charge < -0.3 is 15.0 Å². The summed E-state index contributed by atoms with van der Waals surface area (Å²) in [6.07, 6.45) is 3.04. The topological polar surface area (TPSA) is 73.4 Å². The van der Waals surface area contributed by atoms with Gasteiger partial charge in [0.05, 0.1) is 12.1 Å². The van der Waals surface area contributed by atoms with Gasteiger partial charge in [0.1, 0.15) is 0 Å². The molecular weight excluding hydrogens is 471 g/mol. The number of benzene rings is 3. The number of aliphatic hydroxyl groups is 1. The lowest BCUT2D eigenvalue weighted by molar-refractivity contribution is -0.135. The molecular formula is C27H22Cl2N2O3. The normalized spacial score (nSPS) is 17.4. The number of carbonyl (C=O) groups is 2. The van der Waals surface area contributed by atoms with Crippen molar-refractivity contribution >= 4 is 51.5 Å². The number of ketones is 1. The first kappa shape index (κ1) is 22.7. The van der Waals surface area contributed by atoms with Crippen LogP contribution in [0.15, 0.2) is 72.9 Å². The van der Waals surface area contributed by atoms with E-state index in [0.29, 0.717) is 39.8 Å². The summed E-state index contributed by atoms with van der Waals surface area (Å²) in [4.78, 5) is 31.2. The smallest absolute Gasteiger partial charge is 0.264 e. The number of aromatic amines is 1. The van der Waals surface area contributed by atoms with E-state index in [2.05, 4.69) is 4.98 Å². The minimum atomic E-state index is -1.90. The number of carbonyl (C=O) groups excluding carboxylic acids is 2. The molecule has 0 fully saturated rings. The molecule has 0 saturated heterocycles. The van der Waals surface area contributed by atoms with Crippen molar-refractivity contribution in [3.63, 3.8) is 0 Å². The lowest BCUT2D eigenvalue weighted by atomic mass is 9.88. The van der Waals surface area contributed by atoms with E-state index in [1.165, 1.54) is 0 Å². The Kier molecular flexibility index (Phi) is 5.94. The Labute approximate surface area is 206 Å². The molecule has 7 heteroatoms. The number of halogens is 2. The van der Waals surface area contributed by atoms with Crippen molar-refractivity contribution in [3.8, 4) is 0 Å². The molecule has 0 aliphatic carbocycles. The van der Waals surface area contributed by atoms with Gasteiger partial charge >= 0.3 is 0 Å². The number of nitrogens with zero attached hydrogens (tertiary/aromatic N) is 1. The number of H-pyrrole nitrogens is 1. The predicted octanol–water partition coefficient (Wildman–Crippen LogP) is 5.91. The van der Waals surface area contributed by atoms with Gasteiger partial charge in [0, 0.05) is 44.8 Å². The summed E-state index contributed by atoms with van der Waals surface area (Å²) in [6.45, 7) is 0.417. The molecule has 172 valence electrons. The maximum absolute atomic E-state index is 13.4. The summed E-state index contributed by atoms with van der Waals surface area (Å²) in [5.74, 6) is -0.794. The highest BCUT2D eigenvalue weighted by atomic mass is 35.5. The van der Waals surface area contributed by atoms with Gasteiger partial charge in [-0.2, -0.15) is 0 Å². The number of amides is 1. The lowest BCUT2D eigenvalue weighted by Crippen LogP contribution is -2.42.